The molecule has 0 aliphatic carbocycles. The van der Waals surface area contributed by atoms with Crippen molar-refractivity contribution in [2.75, 3.05) is 31.6 Å². The molecule has 2 atom stereocenters. The van der Waals surface area contributed by atoms with E-state index in [1.807, 2.05) is 18.2 Å². The van der Waals surface area contributed by atoms with Crippen molar-refractivity contribution in [3.63, 3.8) is 0 Å². The van der Waals surface area contributed by atoms with Crippen molar-refractivity contribution in [1.82, 2.24) is 9.88 Å². The van der Waals surface area contributed by atoms with Gasteiger partial charge in [-0.3, -0.25) is 4.90 Å². The van der Waals surface area contributed by atoms with Crippen LogP contribution in [0.5, 0.6) is 0 Å². The normalized spacial score (nSPS) is 24.0. The molecule has 1 aromatic carbocycles. The Kier molecular flexibility index (Phi) is 5.72. The van der Waals surface area contributed by atoms with E-state index in [9.17, 15) is 0 Å². The van der Waals surface area contributed by atoms with Crippen molar-refractivity contribution in [2.45, 2.75) is 44.6 Å². The molecule has 144 valence electrons. The number of likely N-dealkylation sites (tertiary alicyclic amines) is 1. The molecule has 0 amide bonds. The lowest BCUT2D eigenvalue weighted by Crippen LogP contribution is -2.31. The molecule has 2 saturated heterocycles. The molecule has 2 aliphatic heterocycles. The number of anilines is 1. The Balaban J connectivity index is 1.29. The van der Waals surface area contributed by atoms with Gasteiger partial charge in [0, 0.05) is 25.8 Å². The highest BCUT2D eigenvalue weighted by Gasteiger charge is 2.37. The number of ether oxygens (including phenoxy) is 2. The molecule has 0 unspecified atom stereocenters. The van der Waals surface area contributed by atoms with Crippen LogP contribution in [0.1, 0.15) is 30.9 Å². The average molecular weight is 367 g/mol. The average Bonchev–Trinajstić information content (AvgIpc) is 2.97. The number of pyridine rings is 1. The predicted octanol–water partition coefficient (Wildman–Crippen LogP) is 3.29. The Labute approximate surface area is 161 Å². The first-order chi connectivity index (χ1) is 13.2. The first-order valence-electron chi connectivity index (χ1n) is 9.89. The maximum Gasteiger partial charge on any atom is 0.126 e. The van der Waals surface area contributed by atoms with E-state index >= 15 is 0 Å². The van der Waals surface area contributed by atoms with Crippen LogP contribution in [0.25, 0.3) is 0 Å². The summed E-state index contributed by atoms with van der Waals surface area (Å²) in [5.74, 6) is 1.44. The van der Waals surface area contributed by atoms with Crippen molar-refractivity contribution in [2.24, 2.45) is 0 Å². The standard InChI is InChI=1S/C22H29N3O2/c1-16(2)18-8-6-17(7-9-18)11-25-12-20-21(13-25)27-15-19(14-26-20)24-22-5-3-4-10-23-22/h3-10,16,19-21H,11-15H2,1-2H3,(H,23,24)/t20-,21-/m0/s1. The van der Waals surface area contributed by atoms with Gasteiger partial charge in [0.05, 0.1) is 31.5 Å². The van der Waals surface area contributed by atoms with Crippen LogP contribution in [0.2, 0.25) is 0 Å². The zero-order chi connectivity index (χ0) is 18.6. The Morgan fingerprint density at radius 3 is 2.33 bits per heavy atom. The SMILES string of the molecule is CC(C)c1ccc(CN2C[C@@H]3OCC(Nc4ccccn4)CO[C@H]3C2)cc1. The van der Waals surface area contributed by atoms with Gasteiger partial charge in [0.1, 0.15) is 5.82 Å². The van der Waals surface area contributed by atoms with E-state index in [1.165, 1.54) is 11.1 Å². The minimum Gasteiger partial charge on any atom is -0.372 e. The molecule has 2 fully saturated rings. The largest absolute Gasteiger partial charge is 0.372 e. The second-order valence-corrected chi connectivity index (χ2v) is 7.89. The number of nitrogens with zero attached hydrogens (tertiary/aromatic N) is 2. The number of fused-ring (bicyclic) bond motifs is 1. The van der Waals surface area contributed by atoms with E-state index in [4.69, 9.17) is 9.47 Å². The fraction of sp³-hybridized carbons (Fsp3) is 0.500. The molecule has 27 heavy (non-hydrogen) atoms. The molecule has 1 aromatic heterocycles. The lowest BCUT2D eigenvalue weighted by Gasteiger charge is -2.19. The van der Waals surface area contributed by atoms with Crippen LogP contribution in [-0.4, -0.2) is 54.4 Å². The highest BCUT2D eigenvalue weighted by molar-refractivity contribution is 5.34. The monoisotopic (exact) mass is 367 g/mol. The van der Waals surface area contributed by atoms with Gasteiger partial charge in [-0.1, -0.05) is 44.2 Å². The maximum atomic E-state index is 6.17. The molecular formula is C22H29N3O2. The van der Waals surface area contributed by atoms with Crippen LogP contribution in [0.4, 0.5) is 5.82 Å². The van der Waals surface area contributed by atoms with Gasteiger partial charge in [0.2, 0.25) is 0 Å². The third kappa shape index (κ3) is 4.67. The summed E-state index contributed by atoms with van der Waals surface area (Å²) in [6.07, 6.45) is 2.09. The van der Waals surface area contributed by atoms with Gasteiger partial charge in [-0.25, -0.2) is 4.98 Å². The van der Waals surface area contributed by atoms with Crippen molar-refractivity contribution < 1.29 is 9.47 Å². The van der Waals surface area contributed by atoms with Crippen LogP contribution in [-0.2, 0) is 16.0 Å². The number of benzene rings is 1. The van der Waals surface area contributed by atoms with Crippen molar-refractivity contribution in [3.05, 3.63) is 59.8 Å². The molecule has 2 aromatic rings. The molecule has 3 heterocycles. The van der Waals surface area contributed by atoms with Crippen LogP contribution in [0.3, 0.4) is 0 Å². The van der Waals surface area contributed by atoms with Gasteiger partial charge in [0.15, 0.2) is 0 Å². The Morgan fingerprint density at radius 2 is 1.74 bits per heavy atom. The highest BCUT2D eigenvalue weighted by Crippen LogP contribution is 2.23. The summed E-state index contributed by atoms with van der Waals surface area (Å²) in [5, 5.41) is 3.40. The van der Waals surface area contributed by atoms with Gasteiger partial charge >= 0.3 is 0 Å². The quantitative estimate of drug-likeness (QED) is 0.879. The minimum absolute atomic E-state index is 0.141. The van der Waals surface area contributed by atoms with E-state index in [-0.39, 0.29) is 18.2 Å². The third-order valence-corrected chi connectivity index (χ3v) is 5.38. The van der Waals surface area contributed by atoms with E-state index in [0.717, 1.165) is 25.5 Å². The lowest BCUT2D eigenvalue weighted by atomic mass is 10.0. The minimum atomic E-state index is 0.141. The predicted molar refractivity (Wildman–Crippen MR) is 107 cm³/mol. The van der Waals surface area contributed by atoms with E-state index in [1.54, 1.807) is 6.20 Å². The van der Waals surface area contributed by atoms with Crippen LogP contribution in [0.15, 0.2) is 48.7 Å². The van der Waals surface area contributed by atoms with Crippen molar-refractivity contribution in [3.8, 4) is 0 Å². The van der Waals surface area contributed by atoms with E-state index in [0.29, 0.717) is 19.1 Å². The molecule has 0 saturated carbocycles. The molecule has 0 bridgehead atoms. The van der Waals surface area contributed by atoms with E-state index < -0.39 is 0 Å². The summed E-state index contributed by atoms with van der Waals surface area (Å²) in [4.78, 5) is 6.76. The smallest absolute Gasteiger partial charge is 0.126 e. The van der Waals surface area contributed by atoms with E-state index in [2.05, 4.69) is 53.3 Å². The number of nitrogens with one attached hydrogen (secondary N) is 1. The van der Waals surface area contributed by atoms with Crippen molar-refractivity contribution >= 4 is 5.82 Å². The molecule has 5 heteroatoms. The Morgan fingerprint density at radius 1 is 1.04 bits per heavy atom. The molecule has 5 nitrogen and oxygen atoms in total. The highest BCUT2D eigenvalue weighted by atomic mass is 16.6. The summed E-state index contributed by atoms with van der Waals surface area (Å²) < 4.78 is 12.3. The summed E-state index contributed by atoms with van der Waals surface area (Å²) in [7, 11) is 0. The molecule has 4 rings (SSSR count). The summed E-state index contributed by atoms with van der Waals surface area (Å²) >= 11 is 0. The molecule has 1 N–H and O–H groups in total. The topological polar surface area (TPSA) is 46.6 Å². The fourth-order valence-electron chi connectivity index (χ4n) is 3.80. The maximum absolute atomic E-state index is 6.17. The summed E-state index contributed by atoms with van der Waals surface area (Å²) in [5.41, 5.74) is 2.74. The van der Waals surface area contributed by atoms with Gasteiger partial charge < -0.3 is 14.8 Å². The van der Waals surface area contributed by atoms with Gasteiger partial charge in [0.25, 0.3) is 0 Å². The van der Waals surface area contributed by atoms with Crippen LogP contribution < -0.4 is 5.32 Å². The Hall–Kier alpha value is -1.95. The zero-order valence-corrected chi connectivity index (χ0v) is 16.2. The van der Waals surface area contributed by atoms with Gasteiger partial charge in [-0.15, -0.1) is 0 Å². The van der Waals surface area contributed by atoms with Crippen LogP contribution >= 0.6 is 0 Å². The number of rotatable bonds is 5. The Bertz CT molecular complexity index is 704. The van der Waals surface area contributed by atoms with Crippen molar-refractivity contribution in [1.29, 1.82) is 0 Å². The number of aromatic nitrogens is 1. The summed E-state index contributed by atoms with van der Waals surface area (Å²) in [6.45, 7) is 8.55. The van der Waals surface area contributed by atoms with Gasteiger partial charge in [-0.2, -0.15) is 0 Å². The van der Waals surface area contributed by atoms with Crippen LogP contribution in [0, 0.1) is 0 Å². The summed E-state index contributed by atoms with van der Waals surface area (Å²) in [6, 6.07) is 15.0. The molecular weight excluding hydrogens is 338 g/mol. The first-order valence-corrected chi connectivity index (χ1v) is 9.89. The molecule has 0 spiro atoms. The second-order valence-electron chi connectivity index (χ2n) is 7.89. The second kappa shape index (κ2) is 8.38. The fourth-order valence-corrected chi connectivity index (χ4v) is 3.80. The van der Waals surface area contributed by atoms with Gasteiger partial charge in [-0.05, 0) is 29.2 Å². The lowest BCUT2D eigenvalue weighted by molar-refractivity contribution is -0.00461. The number of hydrogen-bond donors (Lipinski definition) is 1. The molecule has 2 aliphatic rings. The zero-order valence-electron chi connectivity index (χ0n) is 16.2. The third-order valence-electron chi connectivity index (χ3n) is 5.38. The first kappa shape index (κ1) is 18.4. The molecule has 0 radical (unpaired) electrons. The number of hydrogen-bond acceptors (Lipinski definition) is 5.